The maximum absolute atomic E-state index is 10.1. The van der Waals surface area contributed by atoms with E-state index in [0.717, 1.165) is 19.1 Å². The fraction of sp³-hybridized carbons (Fsp3) is 0.667. The summed E-state index contributed by atoms with van der Waals surface area (Å²) in [5.41, 5.74) is 0. The first kappa shape index (κ1) is 17.3. The standard InChI is InChI=1S/C6H9ClO2.2ClH/c7-6(9)4-2-1-3-5-8;;/h5H,1-4H2;2*1H. The van der Waals surface area contributed by atoms with Crippen molar-refractivity contribution in [2.45, 2.75) is 25.7 Å². The lowest BCUT2D eigenvalue weighted by molar-refractivity contribution is -0.112. The summed E-state index contributed by atoms with van der Waals surface area (Å²) in [5.74, 6) is 0. The van der Waals surface area contributed by atoms with Gasteiger partial charge in [0.2, 0.25) is 5.24 Å². The van der Waals surface area contributed by atoms with Crippen LogP contribution in [0, 0.1) is 0 Å². The van der Waals surface area contributed by atoms with Gasteiger partial charge in [0.1, 0.15) is 6.29 Å². The molecule has 0 rings (SSSR count). The number of hydrogen-bond acceptors (Lipinski definition) is 2. The SMILES string of the molecule is Cl.Cl.O=CCCCCC(=O)Cl. The molecule has 0 atom stereocenters. The maximum Gasteiger partial charge on any atom is 0.221 e. The Morgan fingerprint density at radius 3 is 2.18 bits per heavy atom. The molecule has 0 aromatic rings. The van der Waals surface area contributed by atoms with E-state index in [1.807, 2.05) is 0 Å². The van der Waals surface area contributed by atoms with Gasteiger partial charge in [-0.05, 0) is 24.4 Å². The van der Waals surface area contributed by atoms with Gasteiger partial charge in [0, 0.05) is 12.8 Å². The Hall–Kier alpha value is 0.210. The highest BCUT2D eigenvalue weighted by molar-refractivity contribution is 6.63. The van der Waals surface area contributed by atoms with Gasteiger partial charge in [-0.1, -0.05) is 0 Å². The molecule has 0 bridgehead atoms. The molecule has 0 aromatic heterocycles. The van der Waals surface area contributed by atoms with Crippen molar-refractivity contribution in [1.82, 2.24) is 0 Å². The second-order valence-corrected chi connectivity index (χ2v) is 2.19. The van der Waals surface area contributed by atoms with Crippen molar-refractivity contribution in [2.24, 2.45) is 0 Å². The normalized spacial score (nSPS) is 7.36. The zero-order chi connectivity index (χ0) is 7.11. The summed E-state index contributed by atoms with van der Waals surface area (Å²) in [6.45, 7) is 0. The van der Waals surface area contributed by atoms with Gasteiger partial charge in [-0.25, -0.2) is 0 Å². The van der Waals surface area contributed by atoms with Crippen molar-refractivity contribution in [2.75, 3.05) is 0 Å². The third kappa shape index (κ3) is 17.8. The predicted molar refractivity (Wildman–Crippen MR) is 49.9 cm³/mol. The Bertz CT molecular complexity index is 106. The molecule has 0 unspecified atom stereocenters. The van der Waals surface area contributed by atoms with Crippen LogP contribution in [0.3, 0.4) is 0 Å². The van der Waals surface area contributed by atoms with Crippen LogP contribution in [0.2, 0.25) is 0 Å². The van der Waals surface area contributed by atoms with Crippen LogP contribution in [0.15, 0.2) is 0 Å². The van der Waals surface area contributed by atoms with Crippen molar-refractivity contribution < 1.29 is 9.59 Å². The van der Waals surface area contributed by atoms with Crippen molar-refractivity contribution in [3.05, 3.63) is 0 Å². The number of carbonyl (C=O) groups excluding carboxylic acids is 2. The van der Waals surface area contributed by atoms with Gasteiger partial charge in [-0.15, -0.1) is 24.8 Å². The van der Waals surface area contributed by atoms with Crippen LogP contribution < -0.4 is 0 Å². The summed E-state index contributed by atoms with van der Waals surface area (Å²) in [4.78, 5) is 19.8. The van der Waals surface area contributed by atoms with Crippen molar-refractivity contribution >= 4 is 47.9 Å². The molecule has 11 heavy (non-hydrogen) atoms. The molecule has 0 N–H and O–H groups in total. The molecule has 0 aliphatic rings. The number of aldehydes is 1. The molecule has 68 valence electrons. The minimum atomic E-state index is -0.319. The summed E-state index contributed by atoms with van der Waals surface area (Å²) in [5, 5.41) is -0.319. The zero-order valence-corrected chi connectivity index (χ0v) is 8.31. The third-order valence-electron chi connectivity index (χ3n) is 0.945. The monoisotopic (exact) mass is 220 g/mol. The maximum atomic E-state index is 10.1. The minimum absolute atomic E-state index is 0. The van der Waals surface area contributed by atoms with Crippen LogP contribution in [0.1, 0.15) is 25.7 Å². The predicted octanol–water partition coefficient (Wildman–Crippen LogP) is 2.35. The molecule has 0 amide bonds. The molecular formula is C6H11Cl3O2. The molecule has 0 saturated carbocycles. The molecule has 5 heteroatoms. The van der Waals surface area contributed by atoms with E-state index in [0.29, 0.717) is 12.8 Å². The molecule has 0 radical (unpaired) electrons. The van der Waals surface area contributed by atoms with Crippen molar-refractivity contribution in [3.8, 4) is 0 Å². The zero-order valence-electron chi connectivity index (χ0n) is 5.92. The lowest BCUT2D eigenvalue weighted by atomic mass is 10.2. The van der Waals surface area contributed by atoms with Gasteiger partial charge in [0.15, 0.2) is 0 Å². The van der Waals surface area contributed by atoms with Gasteiger partial charge in [-0.3, -0.25) is 4.79 Å². The number of rotatable bonds is 5. The van der Waals surface area contributed by atoms with E-state index in [9.17, 15) is 9.59 Å². The molecule has 2 nitrogen and oxygen atoms in total. The fourth-order valence-electron chi connectivity index (χ4n) is 0.492. The van der Waals surface area contributed by atoms with Crippen LogP contribution in [0.5, 0.6) is 0 Å². The summed E-state index contributed by atoms with van der Waals surface area (Å²) in [6.07, 6.45) is 3.25. The Morgan fingerprint density at radius 2 is 1.82 bits per heavy atom. The summed E-state index contributed by atoms with van der Waals surface area (Å²) >= 11 is 5.03. The van der Waals surface area contributed by atoms with E-state index in [1.165, 1.54) is 0 Å². The molecule has 0 saturated heterocycles. The Balaban J connectivity index is -0.000000320. The van der Waals surface area contributed by atoms with Crippen LogP contribution in [-0.2, 0) is 9.59 Å². The lowest BCUT2D eigenvalue weighted by Gasteiger charge is -1.88. The van der Waals surface area contributed by atoms with E-state index in [1.54, 1.807) is 0 Å². The number of halogens is 3. The van der Waals surface area contributed by atoms with Gasteiger partial charge in [-0.2, -0.15) is 0 Å². The quantitative estimate of drug-likeness (QED) is 0.406. The minimum Gasteiger partial charge on any atom is -0.303 e. The van der Waals surface area contributed by atoms with E-state index in [2.05, 4.69) is 0 Å². The molecule has 0 heterocycles. The third-order valence-corrected chi connectivity index (χ3v) is 1.13. The summed E-state index contributed by atoms with van der Waals surface area (Å²) < 4.78 is 0. The topological polar surface area (TPSA) is 34.1 Å². The number of carbonyl (C=O) groups is 2. The van der Waals surface area contributed by atoms with Crippen LogP contribution in [0.25, 0.3) is 0 Å². The summed E-state index contributed by atoms with van der Waals surface area (Å²) in [6, 6.07) is 0. The van der Waals surface area contributed by atoms with E-state index in [4.69, 9.17) is 11.6 Å². The van der Waals surface area contributed by atoms with Gasteiger partial charge >= 0.3 is 0 Å². The average molecular weight is 222 g/mol. The Kier molecular flexibility index (Phi) is 20.3. The largest absolute Gasteiger partial charge is 0.303 e. The molecule has 0 aliphatic heterocycles. The molecule has 0 spiro atoms. The van der Waals surface area contributed by atoms with Crippen molar-refractivity contribution in [3.63, 3.8) is 0 Å². The lowest BCUT2D eigenvalue weighted by Crippen LogP contribution is -1.85. The Labute approximate surface area is 83.5 Å². The smallest absolute Gasteiger partial charge is 0.221 e. The number of unbranched alkanes of at least 4 members (excludes halogenated alkanes) is 2. The second-order valence-electron chi connectivity index (χ2n) is 1.77. The molecule has 0 aromatic carbocycles. The average Bonchev–Trinajstić information content (AvgIpc) is 1.80. The van der Waals surface area contributed by atoms with Crippen LogP contribution >= 0.6 is 36.4 Å². The molecule has 0 fully saturated rings. The fourth-order valence-corrected chi connectivity index (χ4v) is 0.625. The van der Waals surface area contributed by atoms with E-state index >= 15 is 0 Å². The Morgan fingerprint density at radius 1 is 1.27 bits per heavy atom. The molecular weight excluding hydrogens is 210 g/mol. The highest BCUT2D eigenvalue weighted by atomic mass is 35.5. The highest BCUT2D eigenvalue weighted by Crippen LogP contribution is 2.00. The van der Waals surface area contributed by atoms with Crippen LogP contribution in [-0.4, -0.2) is 11.5 Å². The first-order chi connectivity index (χ1) is 4.27. The van der Waals surface area contributed by atoms with Gasteiger partial charge in [0.05, 0.1) is 0 Å². The first-order valence-electron chi connectivity index (χ1n) is 2.89. The second kappa shape index (κ2) is 12.8. The van der Waals surface area contributed by atoms with Crippen molar-refractivity contribution in [1.29, 1.82) is 0 Å². The van der Waals surface area contributed by atoms with E-state index in [-0.39, 0.29) is 30.1 Å². The van der Waals surface area contributed by atoms with Crippen LogP contribution in [0.4, 0.5) is 0 Å². The molecule has 0 aliphatic carbocycles. The highest BCUT2D eigenvalue weighted by Gasteiger charge is 1.93. The summed E-state index contributed by atoms with van der Waals surface area (Å²) in [7, 11) is 0. The van der Waals surface area contributed by atoms with Gasteiger partial charge < -0.3 is 4.79 Å². The van der Waals surface area contributed by atoms with E-state index < -0.39 is 0 Å². The number of hydrogen-bond donors (Lipinski definition) is 0. The van der Waals surface area contributed by atoms with Gasteiger partial charge in [0.25, 0.3) is 0 Å². The first-order valence-corrected chi connectivity index (χ1v) is 3.27.